The van der Waals surface area contributed by atoms with Crippen molar-refractivity contribution in [3.63, 3.8) is 0 Å². The van der Waals surface area contributed by atoms with E-state index in [0.717, 1.165) is 0 Å². The third kappa shape index (κ3) is 24.1. The zero-order valence-electron chi connectivity index (χ0n) is 51.5. The molecule has 0 fully saturated rings. The number of guanidine groups is 4. The van der Waals surface area contributed by atoms with Gasteiger partial charge in [-0.1, -0.05) is 0 Å². The number of hydrogen-bond donors (Lipinski definition) is 22. The fraction of sp³-hybridized carbons (Fsp3) is 0.379. The molecule has 92 heavy (non-hydrogen) atoms. The first-order valence-electron chi connectivity index (χ1n) is 28.9. The van der Waals surface area contributed by atoms with E-state index in [1.54, 1.807) is 0 Å². The van der Waals surface area contributed by atoms with Gasteiger partial charge in [-0.05, 0) is 124 Å². The van der Waals surface area contributed by atoms with Crippen LogP contribution in [0.5, 0.6) is 23.0 Å². The van der Waals surface area contributed by atoms with Gasteiger partial charge in [-0.2, -0.15) is 0 Å². The summed E-state index contributed by atoms with van der Waals surface area (Å²) in [5.41, 5.74) is 33.7. The number of hydrogen-bond acceptors (Lipinski definition) is 18. The molecule has 0 aliphatic heterocycles. The number of ether oxygens (including phenoxy) is 4. The Balaban J connectivity index is 1.60. The number of anilines is 4. The summed E-state index contributed by atoms with van der Waals surface area (Å²) in [6, 6.07) is 12.1. The summed E-state index contributed by atoms with van der Waals surface area (Å²) in [4.78, 5) is 111. The van der Waals surface area contributed by atoms with Crippen LogP contribution in [0.1, 0.15) is 92.8 Å². The minimum absolute atomic E-state index is 0.00609. The molecule has 0 saturated heterocycles. The van der Waals surface area contributed by atoms with Gasteiger partial charge < -0.3 is 117 Å². The summed E-state index contributed by atoms with van der Waals surface area (Å²) in [7, 11) is 5.30. The summed E-state index contributed by atoms with van der Waals surface area (Å²) in [6.45, 7) is 1.10. The number of nitrogens with two attached hydrogens (primary N) is 6. The zero-order chi connectivity index (χ0) is 67.9. The lowest BCUT2D eigenvalue weighted by Gasteiger charge is -2.22. The van der Waals surface area contributed by atoms with Crippen LogP contribution in [-0.2, 0) is 19.2 Å². The van der Waals surface area contributed by atoms with Crippen LogP contribution in [0.15, 0.2) is 72.8 Å². The number of carbonyl (C=O) groups is 8. The fourth-order valence-corrected chi connectivity index (χ4v) is 8.84. The maximum absolute atomic E-state index is 14.4. The number of methoxy groups -OCH3 is 4. The molecule has 34 nitrogen and oxygen atoms in total. The molecule has 4 aromatic rings. The lowest BCUT2D eigenvalue weighted by Crippen LogP contribution is -2.45. The molecule has 4 aromatic carbocycles. The highest BCUT2D eigenvalue weighted by Gasteiger charge is 2.29. The maximum Gasteiger partial charge on any atom is 0.255 e. The van der Waals surface area contributed by atoms with Crippen LogP contribution in [0.2, 0.25) is 0 Å². The maximum atomic E-state index is 14.4. The lowest BCUT2D eigenvalue weighted by atomic mass is 10.1. The topological polar surface area (TPSA) is 569 Å². The first-order valence-corrected chi connectivity index (χ1v) is 28.9. The predicted octanol–water partition coefficient (Wildman–Crippen LogP) is -1.06. The molecule has 4 atom stereocenters. The molecule has 0 aromatic heterocycles. The van der Waals surface area contributed by atoms with E-state index in [0.29, 0.717) is 13.0 Å². The second kappa shape index (κ2) is 37.6. The van der Waals surface area contributed by atoms with Gasteiger partial charge in [-0.3, -0.25) is 60.0 Å². The molecule has 0 bridgehead atoms. The van der Waals surface area contributed by atoms with E-state index in [2.05, 4.69) is 63.8 Å². The minimum atomic E-state index is -1.33. The summed E-state index contributed by atoms with van der Waals surface area (Å²) >= 11 is 0. The van der Waals surface area contributed by atoms with E-state index >= 15 is 0 Å². The van der Waals surface area contributed by atoms with Crippen LogP contribution in [0.25, 0.3) is 0 Å². The molecule has 498 valence electrons. The van der Waals surface area contributed by atoms with Crippen LogP contribution < -0.4 is 117 Å². The Kier molecular flexibility index (Phi) is 30.0. The normalized spacial score (nSPS) is 11.8. The molecule has 0 aliphatic carbocycles. The predicted molar refractivity (Wildman–Crippen MR) is 346 cm³/mol. The summed E-state index contributed by atoms with van der Waals surface area (Å²) in [6.07, 6.45) is 1.29. The van der Waals surface area contributed by atoms with Crippen molar-refractivity contribution >= 4 is 93.8 Å². The summed E-state index contributed by atoms with van der Waals surface area (Å²) in [5, 5.41) is 62.3. The third-order valence-corrected chi connectivity index (χ3v) is 13.4. The van der Waals surface area contributed by atoms with E-state index in [-0.39, 0.29) is 170 Å². The fourth-order valence-electron chi connectivity index (χ4n) is 8.84. The molecule has 0 aliphatic rings. The van der Waals surface area contributed by atoms with Gasteiger partial charge in [0.05, 0.1) is 56.7 Å². The van der Waals surface area contributed by atoms with Gasteiger partial charge in [0, 0.05) is 62.0 Å². The van der Waals surface area contributed by atoms with Crippen molar-refractivity contribution in [3.05, 3.63) is 95.1 Å². The van der Waals surface area contributed by atoms with Gasteiger partial charge in [-0.25, -0.2) is 0 Å². The highest BCUT2D eigenvalue weighted by Crippen LogP contribution is 2.28. The van der Waals surface area contributed by atoms with Crippen LogP contribution in [0.3, 0.4) is 0 Å². The highest BCUT2D eigenvalue weighted by atomic mass is 16.5. The second-order valence-electron chi connectivity index (χ2n) is 20.3. The molecule has 8 amide bonds. The van der Waals surface area contributed by atoms with Gasteiger partial charge >= 0.3 is 0 Å². The molecular weight excluding hydrogens is 1200 g/mol. The molecule has 34 heteroatoms. The standard InChI is InChI=1S/C58H84N22O12/c1-89-43-17-14-32(27-35(43)47(81)69-26-21-59)75-52(86)40(10-6-23-71-56(63)64)79-49(83)37-29-34(16-19-45(37)91-3)77-54(88)42(12-8-25-73-58(67)68)80-50(84)38-30-33(15-20-46(38)92-4)76-53(87)41(11-7-24-72-57(65)66)78-48(82)36-28-31(13-18-44(36)90-2)74-51(85)39(60)9-5-22-70-55(61)62/h13-20,27-30,39-42H,5-12,21-26,59-60H2,1-4H3,(H,69,81)(H,74,85)(H,75,86)(H,76,87)(H,77,88)(H,78,82)(H,79,83)(H,80,84)(H4,61,62,70)(H4,63,64,71)(H4,65,66,72)(H4,67,68,73)/t39-,40-,41-,42-/m1/s1. The van der Waals surface area contributed by atoms with Crippen molar-refractivity contribution in [1.82, 2.24) is 42.5 Å². The monoisotopic (exact) mass is 1280 g/mol. The number of benzene rings is 4. The van der Waals surface area contributed by atoms with Gasteiger partial charge in [0.15, 0.2) is 23.8 Å². The van der Waals surface area contributed by atoms with E-state index in [4.69, 9.17) is 75.0 Å². The number of nitrogens with one attached hydrogen (secondary N) is 16. The number of carbonyl (C=O) groups excluding carboxylic acids is 8. The SMILES string of the molecule is COc1ccc(NC(=O)[C@@H](CCCNC(=N)N)NC(=O)c2cc(NC(=O)[C@@H](CCCNC(=N)N)NC(=O)c3cc(NC(=O)[C@@H](CCCNC(=N)N)NC(=O)c4cc(NC(=O)[C@H](N)CCCNC(=N)N)ccc4OC)ccc3OC)ccc2OC)cc1C(=O)NCCN. The van der Waals surface area contributed by atoms with Crippen molar-refractivity contribution in [1.29, 1.82) is 21.6 Å². The minimum Gasteiger partial charge on any atom is -0.496 e. The van der Waals surface area contributed by atoms with Crippen molar-refractivity contribution in [2.75, 3.05) is 89.0 Å². The molecule has 0 radical (unpaired) electrons. The molecule has 28 N–H and O–H groups in total. The number of rotatable bonds is 37. The molecule has 0 spiro atoms. The zero-order valence-corrected chi connectivity index (χ0v) is 51.5. The van der Waals surface area contributed by atoms with Gasteiger partial charge in [-0.15, -0.1) is 0 Å². The van der Waals surface area contributed by atoms with Crippen LogP contribution in [0.4, 0.5) is 22.7 Å². The van der Waals surface area contributed by atoms with Crippen LogP contribution in [-0.4, -0.2) is 163 Å². The van der Waals surface area contributed by atoms with E-state index < -0.39 is 71.4 Å². The van der Waals surface area contributed by atoms with E-state index in [9.17, 15) is 38.4 Å². The third-order valence-electron chi connectivity index (χ3n) is 13.4. The van der Waals surface area contributed by atoms with Crippen molar-refractivity contribution in [3.8, 4) is 23.0 Å². The molecular formula is C58H84N22O12. The average Bonchev–Trinajstić information content (AvgIpc) is 1.22. The van der Waals surface area contributed by atoms with Gasteiger partial charge in [0.1, 0.15) is 41.1 Å². The Morgan fingerprint density at radius 3 is 0.902 bits per heavy atom. The molecule has 0 heterocycles. The quantitative estimate of drug-likeness (QED) is 0.0145. The summed E-state index contributed by atoms with van der Waals surface area (Å²) < 4.78 is 21.9. The van der Waals surface area contributed by atoms with E-state index in [1.807, 2.05) is 0 Å². The smallest absolute Gasteiger partial charge is 0.255 e. The molecule has 0 saturated carbocycles. The summed E-state index contributed by atoms with van der Waals surface area (Å²) in [5.74, 6) is -6.51. The van der Waals surface area contributed by atoms with Crippen molar-refractivity contribution in [2.24, 2.45) is 34.4 Å². The lowest BCUT2D eigenvalue weighted by molar-refractivity contribution is -0.118. The Morgan fingerprint density at radius 1 is 0.380 bits per heavy atom. The second-order valence-corrected chi connectivity index (χ2v) is 20.3. The average molecular weight is 1280 g/mol. The molecule has 4 rings (SSSR count). The van der Waals surface area contributed by atoms with Crippen LogP contribution in [0, 0.1) is 21.6 Å². The van der Waals surface area contributed by atoms with E-state index in [1.165, 1.54) is 101 Å². The molecule has 0 unspecified atom stereocenters. The van der Waals surface area contributed by atoms with Gasteiger partial charge in [0.2, 0.25) is 23.6 Å². The Bertz CT molecular complexity index is 3290. The largest absolute Gasteiger partial charge is 0.496 e. The van der Waals surface area contributed by atoms with Gasteiger partial charge in [0.25, 0.3) is 23.6 Å². The highest BCUT2D eigenvalue weighted by molar-refractivity contribution is 6.08. The Labute approximate surface area is 530 Å². The number of amides is 8. The first kappa shape index (κ1) is 73.3. The Morgan fingerprint density at radius 2 is 0.641 bits per heavy atom. The van der Waals surface area contributed by atoms with Crippen LogP contribution >= 0.6 is 0 Å². The Hall–Kier alpha value is -11.2. The van der Waals surface area contributed by atoms with Crippen molar-refractivity contribution < 1.29 is 57.3 Å². The first-order chi connectivity index (χ1) is 43.9. The van der Waals surface area contributed by atoms with Crippen molar-refractivity contribution in [2.45, 2.75) is 75.5 Å².